The van der Waals surface area contributed by atoms with Gasteiger partial charge < -0.3 is 14.2 Å². The lowest BCUT2D eigenvalue weighted by atomic mass is 10.1. The van der Waals surface area contributed by atoms with E-state index in [1.54, 1.807) is 42.8 Å². The Balaban J connectivity index is 1.47. The fourth-order valence-corrected chi connectivity index (χ4v) is 3.78. The molecule has 0 atom stereocenters. The predicted octanol–water partition coefficient (Wildman–Crippen LogP) is 5.45. The van der Waals surface area contributed by atoms with Crippen molar-refractivity contribution in [2.45, 2.75) is 12.8 Å². The number of thiophene rings is 1. The van der Waals surface area contributed by atoms with E-state index in [2.05, 4.69) is 10.1 Å². The first-order valence-electron chi connectivity index (χ1n) is 9.82. The highest BCUT2D eigenvalue weighted by molar-refractivity contribution is 7.12. The second-order valence-corrected chi connectivity index (χ2v) is 7.97. The Morgan fingerprint density at radius 1 is 1.09 bits per heavy atom. The molecule has 7 nitrogen and oxygen atoms in total. The molecule has 2 heterocycles. The SMILES string of the molecule is CN(C(=O)c1cccs1)c1ccccc1C(=O)OCc1nc(-c2cccc(C(F)(F)F)c2)no1. The van der Waals surface area contributed by atoms with Crippen molar-refractivity contribution >= 4 is 28.9 Å². The Morgan fingerprint density at radius 2 is 1.88 bits per heavy atom. The van der Waals surface area contributed by atoms with Crippen LogP contribution in [0.3, 0.4) is 0 Å². The van der Waals surface area contributed by atoms with Crippen molar-refractivity contribution in [1.29, 1.82) is 0 Å². The summed E-state index contributed by atoms with van der Waals surface area (Å²) < 4.78 is 49.1. The average molecular weight is 487 g/mol. The molecule has 174 valence electrons. The minimum Gasteiger partial charge on any atom is -0.452 e. The standard InChI is InChI=1S/C23H16F3N3O4S/c1-29(21(30)18-10-5-11-34-18)17-9-3-2-8-16(17)22(31)32-13-19-27-20(28-33-19)14-6-4-7-15(12-14)23(24,25)26/h2-12H,13H2,1H3. The number of nitrogens with zero attached hydrogens (tertiary/aromatic N) is 3. The lowest BCUT2D eigenvalue weighted by Gasteiger charge is -2.19. The van der Waals surface area contributed by atoms with E-state index in [9.17, 15) is 22.8 Å². The van der Waals surface area contributed by atoms with Gasteiger partial charge in [0, 0.05) is 12.6 Å². The smallest absolute Gasteiger partial charge is 0.416 e. The molecule has 0 spiro atoms. The molecule has 0 aliphatic rings. The molecule has 1 amide bonds. The van der Waals surface area contributed by atoms with E-state index in [-0.39, 0.29) is 28.7 Å². The van der Waals surface area contributed by atoms with Crippen molar-refractivity contribution in [2.75, 3.05) is 11.9 Å². The number of aromatic nitrogens is 2. The van der Waals surface area contributed by atoms with Crippen LogP contribution in [0.5, 0.6) is 0 Å². The topological polar surface area (TPSA) is 85.5 Å². The molecule has 0 aliphatic heterocycles. The summed E-state index contributed by atoms with van der Waals surface area (Å²) in [4.78, 5) is 31.2. The monoisotopic (exact) mass is 487 g/mol. The van der Waals surface area contributed by atoms with Gasteiger partial charge in [0.1, 0.15) is 0 Å². The van der Waals surface area contributed by atoms with Crippen LogP contribution in [-0.4, -0.2) is 29.1 Å². The number of esters is 1. The van der Waals surface area contributed by atoms with Crippen LogP contribution < -0.4 is 4.90 Å². The van der Waals surface area contributed by atoms with Crippen molar-refractivity contribution in [3.63, 3.8) is 0 Å². The van der Waals surface area contributed by atoms with Gasteiger partial charge in [-0.3, -0.25) is 4.79 Å². The highest BCUT2D eigenvalue weighted by Crippen LogP contribution is 2.31. The number of amides is 1. The number of rotatable bonds is 6. The van der Waals surface area contributed by atoms with E-state index < -0.39 is 24.3 Å². The number of ether oxygens (including phenoxy) is 1. The Labute approximate surface area is 195 Å². The van der Waals surface area contributed by atoms with Crippen LogP contribution in [0.1, 0.15) is 31.5 Å². The van der Waals surface area contributed by atoms with Gasteiger partial charge in [0.25, 0.3) is 11.8 Å². The highest BCUT2D eigenvalue weighted by atomic mass is 32.1. The van der Waals surface area contributed by atoms with Gasteiger partial charge in [0.2, 0.25) is 5.82 Å². The van der Waals surface area contributed by atoms with Gasteiger partial charge in [0.15, 0.2) is 6.61 Å². The summed E-state index contributed by atoms with van der Waals surface area (Å²) in [5, 5.41) is 5.44. The van der Waals surface area contributed by atoms with Gasteiger partial charge in [-0.15, -0.1) is 11.3 Å². The third kappa shape index (κ3) is 4.99. The van der Waals surface area contributed by atoms with Gasteiger partial charge in [-0.2, -0.15) is 18.2 Å². The lowest BCUT2D eigenvalue weighted by molar-refractivity contribution is -0.137. The van der Waals surface area contributed by atoms with Gasteiger partial charge in [-0.25, -0.2) is 4.79 Å². The summed E-state index contributed by atoms with van der Waals surface area (Å²) in [5.74, 6) is -1.18. The minimum atomic E-state index is -4.51. The second-order valence-electron chi connectivity index (χ2n) is 7.03. The number of benzene rings is 2. The summed E-state index contributed by atoms with van der Waals surface area (Å²) in [6, 6.07) is 14.4. The van der Waals surface area contributed by atoms with Gasteiger partial charge in [-0.1, -0.05) is 35.5 Å². The molecule has 0 fully saturated rings. The molecule has 0 aliphatic carbocycles. The first-order valence-corrected chi connectivity index (χ1v) is 10.7. The van der Waals surface area contributed by atoms with Crippen molar-refractivity contribution in [3.8, 4) is 11.4 Å². The maximum Gasteiger partial charge on any atom is 0.416 e. The Bertz CT molecular complexity index is 1320. The molecule has 0 bridgehead atoms. The third-order valence-electron chi connectivity index (χ3n) is 4.76. The quantitative estimate of drug-likeness (QED) is 0.336. The number of carbonyl (C=O) groups excluding carboxylic acids is 2. The van der Waals surface area contributed by atoms with E-state index in [1.807, 2.05) is 0 Å². The summed E-state index contributed by atoms with van der Waals surface area (Å²) in [5.41, 5.74) is -0.246. The summed E-state index contributed by atoms with van der Waals surface area (Å²) in [7, 11) is 1.55. The molecule has 4 aromatic rings. The van der Waals surface area contributed by atoms with Crippen LogP contribution in [0.15, 0.2) is 70.6 Å². The molecule has 2 aromatic carbocycles. The molecule has 34 heavy (non-hydrogen) atoms. The van der Waals surface area contributed by atoms with E-state index in [0.29, 0.717) is 10.6 Å². The summed E-state index contributed by atoms with van der Waals surface area (Å²) in [6.07, 6.45) is -4.51. The zero-order valence-electron chi connectivity index (χ0n) is 17.6. The maximum atomic E-state index is 12.9. The van der Waals surface area contributed by atoms with Gasteiger partial charge in [0.05, 0.1) is 21.7 Å². The molecule has 4 rings (SSSR count). The number of para-hydroxylation sites is 1. The average Bonchev–Trinajstić information content (AvgIpc) is 3.54. The number of anilines is 1. The van der Waals surface area contributed by atoms with E-state index in [0.717, 1.165) is 12.1 Å². The van der Waals surface area contributed by atoms with Crippen molar-refractivity contribution in [3.05, 3.63) is 87.9 Å². The first kappa shape index (κ1) is 23.2. The van der Waals surface area contributed by atoms with E-state index in [4.69, 9.17) is 9.26 Å². The van der Waals surface area contributed by atoms with Crippen LogP contribution in [0.25, 0.3) is 11.4 Å². The van der Waals surface area contributed by atoms with E-state index in [1.165, 1.54) is 34.4 Å². The van der Waals surface area contributed by atoms with Crippen LogP contribution in [-0.2, 0) is 17.5 Å². The molecule has 11 heteroatoms. The fraction of sp³-hybridized carbons (Fsp3) is 0.130. The number of alkyl halides is 3. The third-order valence-corrected chi connectivity index (χ3v) is 5.62. The number of carbonyl (C=O) groups is 2. The summed E-state index contributed by atoms with van der Waals surface area (Å²) >= 11 is 1.28. The zero-order valence-corrected chi connectivity index (χ0v) is 18.4. The largest absolute Gasteiger partial charge is 0.452 e. The van der Waals surface area contributed by atoms with Crippen LogP contribution in [0.4, 0.5) is 18.9 Å². The molecule has 0 unspecified atom stereocenters. The van der Waals surface area contributed by atoms with Crippen molar-refractivity contribution < 1.29 is 32.0 Å². The molecule has 0 radical (unpaired) electrons. The highest BCUT2D eigenvalue weighted by Gasteiger charge is 2.31. The normalized spacial score (nSPS) is 11.3. The van der Waals surface area contributed by atoms with Crippen LogP contribution in [0.2, 0.25) is 0 Å². The number of hydrogen-bond acceptors (Lipinski definition) is 7. The first-order chi connectivity index (χ1) is 16.2. The summed E-state index contributed by atoms with van der Waals surface area (Å²) in [6.45, 7) is -0.401. The molecule has 2 aromatic heterocycles. The second kappa shape index (κ2) is 9.48. The Kier molecular flexibility index (Phi) is 6.46. The number of halogens is 3. The molecular weight excluding hydrogens is 471 g/mol. The number of hydrogen-bond donors (Lipinski definition) is 0. The Morgan fingerprint density at radius 3 is 2.62 bits per heavy atom. The zero-order chi connectivity index (χ0) is 24.3. The van der Waals surface area contributed by atoms with E-state index >= 15 is 0 Å². The predicted molar refractivity (Wildman–Crippen MR) is 117 cm³/mol. The van der Waals surface area contributed by atoms with Crippen molar-refractivity contribution in [1.82, 2.24) is 10.1 Å². The van der Waals surface area contributed by atoms with Crippen molar-refractivity contribution in [2.24, 2.45) is 0 Å². The maximum absolute atomic E-state index is 12.9. The van der Waals surface area contributed by atoms with Gasteiger partial charge in [-0.05, 0) is 35.7 Å². The molecular formula is C23H16F3N3O4S. The molecule has 0 saturated heterocycles. The lowest BCUT2D eigenvalue weighted by Crippen LogP contribution is -2.27. The molecule has 0 saturated carbocycles. The minimum absolute atomic E-state index is 0.0705. The van der Waals surface area contributed by atoms with Crippen LogP contribution >= 0.6 is 11.3 Å². The fourth-order valence-electron chi connectivity index (χ4n) is 3.08. The van der Waals surface area contributed by atoms with Gasteiger partial charge >= 0.3 is 12.1 Å². The molecule has 0 N–H and O–H groups in total. The Hall–Kier alpha value is -3.99. The van der Waals surface area contributed by atoms with Crippen LogP contribution in [0, 0.1) is 0 Å².